The van der Waals surface area contributed by atoms with Gasteiger partial charge in [0.05, 0.1) is 0 Å². The SMILES string of the molecule is CN(C)[C@H]1CC[C@@]2(C)[C@@H](CC[C@H]3C4CC=C(c5cccnc5)[C@@]4(C)CC[C@@H]32)C1. The smallest absolute Gasteiger partial charge is 0.0343 e. The second-order valence-electron chi connectivity index (χ2n) is 11.1. The van der Waals surface area contributed by atoms with Crippen molar-refractivity contribution in [3.05, 3.63) is 36.2 Å². The van der Waals surface area contributed by atoms with E-state index in [-0.39, 0.29) is 0 Å². The monoisotopic (exact) mass is 378 g/mol. The number of rotatable bonds is 2. The molecule has 3 fully saturated rings. The molecule has 3 saturated carbocycles. The number of hydrogen-bond acceptors (Lipinski definition) is 2. The van der Waals surface area contributed by atoms with E-state index in [0.29, 0.717) is 10.8 Å². The van der Waals surface area contributed by atoms with E-state index in [9.17, 15) is 0 Å². The summed E-state index contributed by atoms with van der Waals surface area (Å²) in [6, 6.07) is 5.20. The minimum absolute atomic E-state index is 0.369. The van der Waals surface area contributed by atoms with Gasteiger partial charge in [0.2, 0.25) is 0 Å². The lowest BCUT2D eigenvalue weighted by atomic mass is 9.44. The molecule has 152 valence electrons. The topological polar surface area (TPSA) is 16.1 Å². The summed E-state index contributed by atoms with van der Waals surface area (Å²) < 4.78 is 0. The summed E-state index contributed by atoms with van der Waals surface area (Å²) in [6.45, 7) is 5.27. The average Bonchev–Trinajstić information content (AvgIpc) is 3.05. The van der Waals surface area contributed by atoms with Crippen LogP contribution in [0.2, 0.25) is 0 Å². The Morgan fingerprint density at radius 1 is 1.04 bits per heavy atom. The van der Waals surface area contributed by atoms with Crippen molar-refractivity contribution in [2.75, 3.05) is 14.1 Å². The summed E-state index contributed by atoms with van der Waals surface area (Å²) in [7, 11) is 4.57. The molecule has 0 aromatic carbocycles. The van der Waals surface area contributed by atoms with Gasteiger partial charge in [-0.25, -0.2) is 0 Å². The van der Waals surface area contributed by atoms with Crippen LogP contribution in [0.25, 0.3) is 5.57 Å². The minimum Gasteiger partial charge on any atom is -0.306 e. The zero-order valence-electron chi connectivity index (χ0n) is 18.3. The largest absolute Gasteiger partial charge is 0.306 e. The summed E-state index contributed by atoms with van der Waals surface area (Å²) >= 11 is 0. The number of fused-ring (bicyclic) bond motifs is 5. The van der Waals surface area contributed by atoms with Crippen molar-refractivity contribution in [3.8, 4) is 0 Å². The van der Waals surface area contributed by atoms with Crippen molar-refractivity contribution < 1.29 is 0 Å². The van der Waals surface area contributed by atoms with E-state index in [1.807, 2.05) is 6.20 Å². The van der Waals surface area contributed by atoms with Crippen LogP contribution in [0, 0.1) is 34.5 Å². The fourth-order valence-corrected chi connectivity index (χ4v) is 8.24. The lowest BCUT2D eigenvalue weighted by molar-refractivity contribution is -0.106. The molecular weight excluding hydrogens is 340 g/mol. The van der Waals surface area contributed by atoms with Crippen molar-refractivity contribution in [2.24, 2.45) is 34.5 Å². The van der Waals surface area contributed by atoms with Gasteiger partial charge in [-0.05, 0) is 117 Å². The third-order valence-corrected chi connectivity index (χ3v) is 9.92. The fraction of sp³-hybridized carbons (Fsp3) is 0.731. The Morgan fingerprint density at radius 2 is 1.89 bits per heavy atom. The molecule has 0 radical (unpaired) electrons. The van der Waals surface area contributed by atoms with Gasteiger partial charge >= 0.3 is 0 Å². The number of allylic oxidation sites excluding steroid dienone is 2. The summed E-state index contributed by atoms with van der Waals surface area (Å²) in [5, 5.41) is 0. The summed E-state index contributed by atoms with van der Waals surface area (Å²) in [5.41, 5.74) is 3.94. The fourth-order valence-electron chi connectivity index (χ4n) is 8.24. The minimum atomic E-state index is 0.369. The van der Waals surface area contributed by atoms with E-state index in [2.05, 4.69) is 62.2 Å². The summed E-state index contributed by atoms with van der Waals surface area (Å²) in [4.78, 5) is 6.91. The molecule has 4 aliphatic rings. The van der Waals surface area contributed by atoms with Crippen LogP contribution in [0.15, 0.2) is 30.6 Å². The number of nitrogens with zero attached hydrogens (tertiary/aromatic N) is 2. The normalized spacial score (nSPS) is 45.2. The number of aromatic nitrogens is 1. The third-order valence-electron chi connectivity index (χ3n) is 9.92. The van der Waals surface area contributed by atoms with Gasteiger partial charge in [0, 0.05) is 18.4 Å². The first-order valence-corrected chi connectivity index (χ1v) is 11.7. The first-order valence-electron chi connectivity index (χ1n) is 11.7. The summed E-state index contributed by atoms with van der Waals surface area (Å²) in [6.07, 6.45) is 17.9. The van der Waals surface area contributed by atoms with Gasteiger partial charge in [0.25, 0.3) is 0 Å². The molecule has 4 aliphatic carbocycles. The second-order valence-corrected chi connectivity index (χ2v) is 11.1. The van der Waals surface area contributed by atoms with E-state index >= 15 is 0 Å². The van der Waals surface area contributed by atoms with Crippen LogP contribution in [0.3, 0.4) is 0 Å². The van der Waals surface area contributed by atoms with Gasteiger partial charge in [-0.1, -0.05) is 26.0 Å². The first-order chi connectivity index (χ1) is 13.4. The third kappa shape index (κ3) is 2.66. The Kier molecular flexibility index (Phi) is 4.50. The molecule has 2 nitrogen and oxygen atoms in total. The van der Waals surface area contributed by atoms with Gasteiger partial charge in [-0.2, -0.15) is 0 Å². The van der Waals surface area contributed by atoms with Crippen LogP contribution in [0.4, 0.5) is 0 Å². The highest BCUT2D eigenvalue weighted by molar-refractivity contribution is 5.72. The molecule has 0 amide bonds. The van der Waals surface area contributed by atoms with Crippen LogP contribution in [0.1, 0.15) is 70.8 Å². The van der Waals surface area contributed by atoms with Gasteiger partial charge < -0.3 is 4.90 Å². The molecule has 5 rings (SSSR count). The quantitative estimate of drug-likeness (QED) is 0.623. The molecule has 0 N–H and O–H groups in total. The highest BCUT2D eigenvalue weighted by Crippen LogP contribution is 2.67. The van der Waals surface area contributed by atoms with Crippen LogP contribution in [-0.4, -0.2) is 30.0 Å². The molecule has 0 spiro atoms. The van der Waals surface area contributed by atoms with Crippen molar-refractivity contribution in [2.45, 2.75) is 71.3 Å². The van der Waals surface area contributed by atoms with Gasteiger partial charge in [-0.15, -0.1) is 0 Å². The van der Waals surface area contributed by atoms with Gasteiger partial charge in [-0.3, -0.25) is 4.98 Å². The molecule has 2 heteroatoms. The molecule has 7 atom stereocenters. The molecule has 0 saturated heterocycles. The van der Waals surface area contributed by atoms with Crippen LogP contribution >= 0.6 is 0 Å². The Bertz CT molecular complexity index is 753. The van der Waals surface area contributed by atoms with Gasteiger partial charge in [0.15, 0.2) is 0 Å². The maximum absolute atomic E-state index is 4.42. The van der Waals surface area contributed by atoms with E-state index in [1.165, 1.54) is 56.9 Å². The van der Waals surface area contributed by atoms with Crippen molar-refractivity contribution in [1.82, 2.24) is 9.88 Å². The standard InChI is InChI=1S/C26H38N2/c1-25-13-11-20(28(3)4)16-19(25)7-8-21-23-10-9-22(18-6-5-15-27-17-18)26(23,2)14-12-24(21)25/h5-6,9,15,17,19-21,23-24H,7-8,10-14,16H2,1-4H3/t19-,20-,21-,23?,24-,25-,26+/m0/s1. The highest BCUT2D eigenvalue weighted by Gasteiger charge is 2.58. The molecule has 0 bridgehead atoms. The zero-order valence-corrected chi connectivity index (χ0v) is 18.3. The zero-order chi connectivity index (χ0) is 19.5. The first kappa shape index (κ1) is 18.9. The lowest BCUT2D eigenvalue weighted by Crippen LogP contribution is -2.54. The molecular formula is C26H38N2. The molecule has 1 unspecified atom stereocenters. The van der Waals surface area contributed by atoms with Crippen molar-refractivity contribution >= 4 is 5.57 Å². The Morgan fingerprint density at radius 3 is 2.64 bits per heavy atom. The Balaban J connectivity index is 1.40. The van der Waals surface area contributed by atoms with E-state index < -0.39 is 0 Å². The lowest BCUT2D eigenvalue weighted by Gasteiger charge is -2.61. The van der Waals surface area contributed by atoms with E-state index in [1.54, 1.807) is 5.57 Å². The number of pyridine rings is 1. The van der Waals surface area contributed by atoms with Crippen molar-refractivity contribution in [3.63, 3.8) is 0 Å². The Labute approximate surface area is 171 Å². The Hall–Kier alpha value is -1.15. The highest BCUT2D eigenvalue weighted by atomic mass is 15.1. The predicted octanol–water partition coefficient (Wildman–Crippen LogP) is 6.05. The van der Waals surface area contributed by atoms with Crippen molar-refractivity contribution in [1.29, 1.82) is 0 Å². The number of hydrogen-bond donors (Lipinski definition) is 0. The van der Waals surface area contributed by atoms with Crippen LogP contribution in [-0.2, 0) is 0 Å². The molecule has 1 aromatic rings. The average molecular weight is 379 g/mol. The maximum atomic E-state index is 4.42. The van der Waals surface area contributed by atoms with Crippen LogP contribution < -0.4 is 0 Å². The molecule has 28 heavy (non-hydrogen) atoms. The summed E-state index contributed by atoms with van der Waals surface area (Å²) in [5.74, 6) is 3.69. The predicted molar refractivity (Wildman–Crippen MR) is 117 cm³/mol. The molecule has 1 heterocycles. The molecule has 0 aliphatic heterocycles. The van der Waals surface area contributed by atoms with E-state index in [4.69, 9.17) is 0 Å². The van der Waals surface area contributed by atoms with Crippen LogP contribution in [0.5, 0.6) is 0 Å². The van der Waals surface area contributed by atoms with Gasteiger partial charge in [0.1, 0.15) is 0 Å². The molecule has 1 aromatic heterocycles. The second kappa shape index (κ2) is 6.69. The maximum Gasteiger partial charge on any atom is 0.0343 e. The van der Waals surface area contributed by atoms with E-state index in [0.717, 1.165) is 29.7 Å².